The highest BCUT2D eigenvalue weighted by Crippen LogP contribution is 2.18. The number of aromatic nitrogens is 1. The normalized spacial score (nSPS) is 10.6. The monoisotopic (exact) mass is 340 g/mol. The van der Waals surface area contributed by atoms with Crippen LogP contribution >= 0.6 is 11.6 Å². The molecule has 3 rings (SSSR count). The fourth-order valence-corrected chi connectivity index (χ4v) is 2.62. The second kappa shape index (κ2) is 7.32. The van der Waals surface area contributed by atoms with Crippen LogP contribution in [0.2, 0.25) is 5.02 Å². The van der Waals surface area contributed by atoms with Gasteiger partial charge >= 0.3 is 0 Å². The number of benzene rings is 2. The number of amides is 1. The van der Waals surface area contributed by atoms with E-state index in [1.165, 1.54) is 0 Å². The van der Waals surface area contributed by atoms with E-state index in [2.05, 4.69) is 4.98 Å². The molecule has 4 nitrogen and oxygen atoms in total. The second-order valence-electron chi connectivity index (χ2n) is 5.41. The van der Waals surface area contributed by atoms with Gasteiger partial charge in [-0.15, -0.1) is 0 Å². The van der Waals surface area contributed by atoms with Gasteiger partial charge in [-0.2, -0.15) is 0 Å². The van der Waals surface area contributed by atoms with Crippen molar-refractivity contribution in [3.8, 4) is 5.75 Å². The lowest BCUT2D eigenvalue weighted by Crippen LogP contribution is -2.31. The summed E-state index contributed by atoms with van der Waals surface area (Å²) in [5.41, 5.74) is 1.31. The second-order valence-corrected chi connectivity index (χ2v) is 5.85. The molecule has 0 bridgehead atoms. The quantitative estimate of drug-likeness (QED) is 0.704. The van der Waals surface area contributed by atoms with Crippen molar-refractivity contribution in [1.82, 2.24) is 9.88 Å². The van der Waals surface area contributed by atoms with E-state index in [1.54, 1.807) is 36.3 Å². The molecule has 2 aromatic carbocycles. The molecule has 0 saturated carbocycles. The van der Waals surface area contributed by atoms with Crippen LogP contribution < -0.4 is 4.74 Å². The summed E-state index contributed by atoms with van der Waals surface area (Å²) < 4.78 is 5.64. The maximum absolute atomic E-state index is 12.7. The van der Waals surface area contributed by atoms with E-state index in [0.717, 1.165) is 5.39 Å². The minimum atomic E-state index is -0.0750. The Hall–Kier alpha value is -2.59. The van der Waals surface area contributed by atoms with E-state index in [1.807, 2.05) is 36.4 Å². The number of likely N-dealkylation sites (N-methyl/N-ethyl adjacent to an activating group) is 1. The van der Waals surface area contributed by atoms with E-state index in [9.17, 15) is 4.79 Å². The average Bonchev–Trinajstić information content (AvgIpc) is 2.60. The molecule has 0 atom stereocenters. The molecule has 0 saturated heterocycles. The lowest BCUT2D eigenvalue weighted by Gasteiger charge is -2.18. The Labute approximate surface area is 145 Å². The lowest BCUT2D eigenvalue weighted by atomic mass is 10.1. The van der Waals surface area contributed by atoms with Crippen LogP contribution in [0.4, 0.5) is 0 Å². The Kier molecular flexibility index (Phi) is 4.96. The Bertz CT molecular complexity index is 861. The molecule has 0 unspecified atom stereocenters. The summed E-state index contributed by atoms with van der Waals surface area (Å²) in [5, 5.41) is 1.57. The standard InChI is InChI=1S/C19H17ClN2O2/c1-22(11-12-24-16-8-3-7-15(20)13-16)19(23)17-9-2-5-14-6-4-10-21-18(14)17/h2-10,13H,11-12H2,1H3. The Morgan fingerprint density at radius 3 is 2.79 bits per heavy atom. The Morgan fingerprint density at radius 1 is 1.17 bits per heavy atom. The predicted molar refractivity (Wildman–Crippen MR) is 95.7 cm³/mol. The van der Waals surface area contributed by atoms with Gasteiger partial charge in [0.25, 0.3) is 5.91 Å². The summed E-state index contributed by atoms with van der Waals surface area (Å²) >= 11 is 5.92. The van der Waals surface area contributed by atoms with Crippen LogP contribution in [-0.2, 0) is 0 Å². The number of pyridine rings is 1. The van der Waals surface area contributed by atoms with Gasteiger partial charge in [-0.1, -0.05) is 35.9 Å². The predicted octanol–water partition coefficient (Wildman–Crippen LogP) is 4.04. The van der Waals surface area contributed by atoms with E-state index in [-0.39, 0.29) is 5.91 Å². The molecule has 0 fully saturated rings. The summed E-state index contributed by atoms with van der Waals surface area (Å²) in [6.07, 6.45) is 1.70. The van der Waals surface area contributed by atoms with Crippen LogP contribution in [0.1, 0.15) is 10.4 Å². The molecule has 0 aliphatic heterocycles. The average molecular weight is 341 g/mol. The van der Waals surface area contributed by atoms with Crippen molar-refractivity contribution in [1.29, 1.82) is 0 Å². The first-order valence-electron chi connectivity index (χ1n) is 7.63. The molecule has 1 heterocycles. The zero-order chi connectivity index (χ0) is 16.9. The van der Waals surface area contributed by atoms with Crippen LogP contribution in [-0.4, -0.2) is 36.0 Å². The van der Waals surface area contributed by atoms with Gasteiger partial charge in [-0.05, 0) is 30.3 Å². The summed E-state index contributed by atoms with van der Waals surface area (Å²) in [4.78, 5) is 18.6. The van der Waals surface area contributed by atoms with Crippen molar-refractivity contribution in [2.45, 2.75) is 0 Å². The van der Waals surface area contributed by atoms with Gasteiger partial charge in [0.2, 0.25) is 0 Å². The van der Waals surface area contributed by atoms with Crippen molar-refractivity contribution in [2.24, 2.45) is 0 Å². The number of carbonyl (C=O) groups is 1. The molecule has 122 valence electrons. The van der Waals surface area contributed by atoms with Gasteiger partial charge in [0, 0.05) is 23.7 Å². The summed E-state index contributed by atoms with van der Waals surface area (Å²) in [6, 6.07) is 16.6. The molecular formula is C19H17ClN2O2. The van der Waals surface area contributed by atoms with Crippen LogP contribution in [0.25, 0.3) is 10.9 Å². The van der Waals surface area contributed by atoms with Gasteiger partial charge < -0.3 is 9.64 Å². The van der Waals surface area contributed by atoms with Crippen LogP contribution in [0.5, 0.6) is 5.75 Å². The van der Waals surface area contributed by atoms with E-state index in [4.69, 9.17) is 16.3 Å². The van der Waals surface area contributed by atoms with Crippen molar-refractivity contribution < 1.29 is 9.53 Å². The minimum Gasteiger partial charge on any atom is -0.492 e. The molecule has 0 aliphatic rings. The van der Waals surface area contributed by atoms with Crippen molar-refractivity contribution in [2.75, 3.05) is 20.2 Å². The highest BCUT2D eigenvalue weighted by atomic mass is 35.5. The first-order valence-corrected chi connectivity index (χ1v) is 8.00. The molecule has 0 aliphatic carbocycles. The van der Waals surface area contributed by atoms with Crippen molar-refractivity contribution in [3.63, 3.8) is 0 Å². The number of hydrogen-bond acceptors (Lipinski definition) is 3. The highest BCUT2D eigenvalue weighted by molar-refractivity contribution is 6.30. The van der Waals surface area contributed by atoms with Gasteiger partial charge in [0.15, 0.2) is 0 Å². The number of halogens is 1. The van der Waals surface area contributed by atoms with Crippen LogP contribution in [0.3, 0.4) is 0 Å². The molecule has 1 amide bonds. The third-order valence-corrected chi connectivity index (χ3v) is 3.94. The number of ether oxygens (including phenoxy) is 1. The molecule has 1 aromatic heterocycles. The smallest absolute Gasteiger partial charge is 0.255 e. The van der Waals surface area contributed by atoms with E-state index in [0.29, 0.717) is 35.0 Å². The number of hydrogen-bond donors (Lipinski definition) is 0. The number of para-hydroxylation sites is 1. The van der Waals surface area contributed by atoms with Gasteiger partial charge in [-0.25, -0.2) is 0 Å². The largest absolute Gasteiger partial charge is 0.492 e. The number of nitrogens with zero attached hydrogens (tertiary/aromatic N) is 2. The molecule has 3 aromatic rings. The van der Waals surface area contributed by atoms with Crippen LogP contribution in [0, 0.1) is 0 Å². The third-order valence-electron chi connectivity index (χ3n) is 3.70. The molecule has 0 N–H and O–H groups in total. The van der Waals surface area contributed by atoms with Gasteiger partial charge in [0.05, 0.1) is 17.6 Å². The highest BCUT2D eigenvalue weighted by Gasteiger charge is 2.15. The molecular weight excluding hydrogens is 324 g/mol. The molecule has 5 heteroatoms. The zero-order valence-electron chi connectivity index (χ0n) is 13.3. The molecule has 24 heavy (non-hydrogen) atoms. The third kappa shape index (κ3) is 3.66. The van der Waals surface area contributed by atoms with E-state index < -0.39 is 0 Å². The Morgan fingerprint density at radius 2 is 1.96 bits per heavy atom. The topological polar surface area (TPSA) is 42.4 Å². The lowest BCUT2D eigenvalue weighted by molar-refractivity contribution is 0.0775. The van der Waals surface area contributed by atoms with Gasteiger partial charge in [0.1, 0.15) is 12.4 Å². The number of carbonyl (C=O) groups excluding carboxylic acids is 1. The maximum atomic E-state index is 12.7. The fraction of sp³-hybridized carbons (Fsp3) is 0.158. The van der Waals surface area contributed by atoms with Crippen molar-refractivity contribution >= 4 is 28.4 Å². The number of rotatable bonds is 5. The molecule has 0 spiro atoms. The minimum absolute atomic E-state index is 0.0750. The fourth-order valence-electron chi connectivity index (χ4n) is 2.44. The van der Waals surface area contributed by atoms with Gasteiger partial charge in [-0.3, -0.25) is 9.78 Å². The summed E-state index contributed by atoms with van der Waals surface area (Å²) in [7, 11) is 1.76. The molecule has 0 radical (unpaired) electrons. The summed E-state index contributed by atoms with van der Waals surface area (Å²) in [5.74, 6) is 0.615. The maximum Gasteiger partial charge on any atom is 0.255 e. The van der Waals surface area contributed by atoms with E-state index >= 15 is 0 Å². The summed E-state index contributed by atoms with van der Waals surface area (Å²) in [6.45, 7) is 0.856. The van der Waals surface area contributed by atoms with Crippen LogP contribution in [0.15, 0.2) is 60.8 Å². The Balaban J connectivity index is 1.66. The first kappa shape index (κ1) is 16.3. The first-order chi connectivity index (χ1) is 11.6. The number of fused-ring (bicyclic) bond motifs is 1. The van der Waals surface area contributed by atoms with Crippen molar-refractivity contribution in [3.05, 3.63) is 71.4 Å². The zero-order valence-corrected chi connectivity index (χ0v) is 14.0. The SMILES string of the molecule is CN(CCOc1cccc(Cl)c1)C(=O)c1cccc2cccnc12.